The molecule has 0 atom stereocenters. The van der Waals surface area contributed by atoms with E-state index in [1.165, 1.54) is 24.3 Å². The van der Waals surface area contributed by atoms with Gasteiger partial charge in [-0.05, 0) is 42.0 Å². The number of aromatic nitrogens is 3. The van der Waals surface area contributed by atoms with Gasteiger partial charge in [-0.2, -0.15) is 5.10 Å². The average molecular weight is 422 g/mol. The van der Waals surface area contributed by atoms with Crippen LogP contribution in [-0.4, -0.2) is 23.2 Å². The third kappa shape index (κ3) is 4.45. The summed E-state index contributed by atoms with van der Waals surface area (Å²) in [4.78, 5) is 4.36. The van der Waals surface area contributed by atoms with E-state index in [9.17, 15) is 12.8 Å². The third-order valence-corrected chi connectivity index (χ3v) is 5.63. The van der Waals surface area contributed by atoms with Crippen LogP contribution < -0.4 is 5.14 Å². The van der Waals surface area contributed by atoms with E-state index in [1.807, 2.05) is 29.1 Å². The van der Waals surface area contributed by atoms with E-state index in [0.29, 0.717) is 18.7 Å². The third-order valence-electron chi connectivity index (χ3n) is 4.70. The van der Waals surface area contributed by atoms with Crippen molar-refractivity contribution in [2.75, 3.05) is 0 Å². The van der Waals surface area contributed by atoms with E-state index in [-0.39, 0.29) is 10.7 Å². The quantitative estimate of drug-likeness (QED) is 0.514. The van der Waals surface area contributed by atoms with E-state index in [2.05, 4.69) is 4.98 Å². The van der Waals surface area contributed by atoms with Crippen LogP contribution in [0.4, 0.5) is 4.39 Å². The van der Waals surface area contributed by atoms with Crippen molar-refractivity contribution >= 4 is 10.0 Å². The van der Waals surface area contributed by atoms with Gasteiger partial charge in [-0.15, -0.1) is 0 Å². The molecule has 0 saturated heterocycles. The van der Waals surface area contributed by atoms with Crippen molar-refractivity contribution in [2.45, 2.75) is 17.9 Å². The Morgan fingerprint density at radius 3 is 2.27 bits per heavy atom. The van der Waals surface area contributed by atoms with Gasteiger partial charge in [0.25, 0.3) is 0 Å². The second-order valence-corrected chi connectivity index (χ2v) is 8.36. The Hall–Kier alpha value is -3.36. The molecule has 4 rings (SSSR count). The molecule has 2 N–H and O–H groups in total. The second-order valence-electron chi connectivity index (χ2n) is 6.80. The fourth-order valence-electron chi connectivity index (χ4n) is 3.17. The first-order valence-corrected chi connectivity index (χ1v) is 10.8. The van der Waals surface area contributed by atoms with Gasteiger partial charge >= 0.3 is 0 Å². The average Bonchev–Trinajstić information content (AvgIpc) is 3.17. The van der Waals surface area contributed by atoms with Crippen LogP contribution in [0.2, 0.25) is 0 Å². The molecule has 2 heterocycles. The monoisotopic (exact) mass is 422 g/mol. The molecule has 0 aliphatic carbocycles. The van der Waals surface area contributed by atoms with Crippen LogP contribution >= 0.6 is 0 Å². The highest BCUT2D eigenvalue weighted by atomic mass is 32.2. The molecule has 0 fully saturated rings. The number of hydrogen-bond donors (Lipinski definition) is 1. The van der Waals surface area contributed by atoms with E-state index >= 15 is 0 Å². The van der Waals surface area contributed by atoms with Gasteiger partial charge in [0.2, 0.25) is 10.0 Å². The van der Waals surface area contributed by atoms with E-state index < -0.39 is 10.0 Å². The lowest BCUT2D eigenvalue weighted by molar-refractivity contribution is 0.598. The summed E-state index contributed by atoms with van der Waals surface area (Å²) in [6.45, 7) is 0.612. The first-order chi connectivity index (χ1) is 14.4. The summed E-state index contributed by atoms with van der Waals surface area (Å²) in [5.41, 5.74) is 3.99. The zero-order valence-corrected chi connectivity index (χ0v) is 16.8. The maximum atomic E-state index is 13.4. The van der Waals surface area contributed by atoms with Crippen molar-refractivity contribution in [3.63, 3.8) is 0 Å². The minimum Gasteiger partial charge on any atom is -0.271 e. The van der Waals surface area contributed by atoms with Crippen molar-refractivity contribution in [3.05, 3.63) is 90.6 Å². The van der Waals surface area contributed by atoms with Crippen molar-refractivity contribution in [3.8, 4) is 22.4 Å². The SMILES string of the molecule is NS(=O)(=O)c1ccc(-c2nn(CCc3ccccn3)cc2-c2ccc(F)cc2)cc1. The first kappa shape index (κ1) is 19.9. The van der Waals surface area contributed by atoms with Gasteiger partial charge in [0.1, 0.15) is 11.5 Å². The van der Waals surface area contributed by atoms with Gasteiger partial charge in [0.05, 0.1) is 4.90 Å². The number of sulfonamides is 1. The fraction of sp³-hybridized carbons (Fsp3) is 0.0909. The number of hydrogen-bond acceptors (Lipinski definition) is 4. The predicted octanol–water partition coefficient (Wildman–Crippen LogP) is 3.64. The van der Waals surface area contributed by atoms with Gasteiger partial charge < -0.3 is 0 Å². The summed E-state index contributed by atoms with van der Waals surface area (Å²) in [6, 6.07) is 18.2. The molecule has 152 valence electrons. The maximum Gasteiger partial charge on any atom is 0.238 e. The molecule has 0 bridgehead atoms. The van der Waals surface area contributed by atoms with E-state index in [0.717, 1.165) is 22.4 Å². The highest BCUT2D eigenvalue weighted by Crippen LogP contribution is 2.31. The molecule has 0 spiro atoms. The minimum absolute atomic E-state index is 0.0316. The van der Waals surface area contributed by atoms with Crippen LogP contribution in [0.25, 0.3) is 22.4 Å². The Kier molecular flexibility index (Phi) is 5.43. The van der Waals surface area contributed by atoms with Gasteiger partial charge in [-0.25, -0.2) is 17.9 Å². The van der Waals surface area contributed by atoms with Crippen LogP contribution in [0, 0.1) is 5.82 Å². The summed E-state index contributed by atoms with van der Waals surface area (Å²) in [5.74, 6) is -0.319. The number of halogens is 1. The van der Waals surface area contributed by atoms with E-state index in [4.69, 9.17) is 10.2 Å². The first-order valence-electron chi connectivity index (χ1n) is 9.27. The molecule has 0 unspecified atom stereocenters. The van der Waals surface area contributed by atoms with Crippen molar-refractivity contribution < 1.29 is 12.8 Å². The number of nitrogens with zero attached hydrogens (tertiary/aromatic N) is 3. The number of nitrogens with two attached hydrogens (primary N) is 1. The standard InChI is InChI=1S/C22H19FN4O2S/c23-18-8-4-16(5-9-18)21-15-27(14-12-19-3-1-2-13-25-19)26-22(21)17-6-10-20(11-7-17)30(24,28)29/h1-11,13,15H,12,14H2,(H2,24,28,29). The molecule has 0 aliphatic rings. The number of aryl methyl sites for hydroxylation is 2. The molecule has 2 aromatic heterocycles. The molecule has 0 aliphatic heterocycles. The molecule has 0 saturated carbocycles. The molecular weight excluding hydrogens is 403 g/mol. The number of pyridine rings is 1. The Labute approximate surface area is 173 Å². The number of rotatable bonds is 6. The molecule has 6 nitrogen and oxygen atoms in total. The molecule has 0 amide bonds. The summed E-state index contributed by atoms with van der Waals surface area (Å²) < 4.78 is 38.3. The Morgan fingerprint density at radius 2 is 1.63 bits per heavy atom. The van der Waals surface area contributed by atoms with Gasteiger partial charge in [0, 0.05) is 42.2 Å². The lowest BCUT2D eigenvalue weighted by Gasteiger charge is -2.04. The molecule has 0 radical (unpaired) electrons. The lowest BCUT2D eigenvalue weighted by Crippen LogP contribution is -2.11. The highest BCUT2D eigenvalue weighted by molar-refractivity contribution is 7.89. The number of primary sulfonamides is 1. The Morgan fingerprint density at radius 1 is 0.933 bits per heavy atom. The lowest BCUT2D eigenvalue weighted by atomic mass is 10.0. The van der Waals surface area contributed by atoms with Crippen molar-refractivity contribution in [1.82, 2.24) is 14.8 Å². The normalized spacial score (nSPS) is 11.5. The van der Waals surface area contributed by atoms with Gasteiger partial charge in [-0.3, -0.25) is 9.67 Å². The highest BCUT2D eigenvalue weighted by Gasteiger charge is 2.15. The Bertz CT molecular complexity index is 1250. The van der Waals surface area contributed by atoms with Crippen molar-refractivity contribution in [2.24, 2.45) is 5.14 Å². The minimum atomic E-state index is -3.78. The van der Waals surface area contributed by atoms with Crippen LogP contribution in [0.1, 0.15) is 5.69 Å². The van der Waals surface area contributed by atoms with Crippen LogP contribution in [0.3, 0.4) is 0 Å². The largest absolute Gasteiger partial charge is 0.271 e. The summed E-state index contributed by atoms with van der Waals surface area (Å²) >= 11 is 0. The summed E-state index contributed by atoms with van der Waals surface area (Å²) in [7, 11) is -3.78. The van der Waals surface area contributed by atoms with Crippen LogP contribution in [0.15, 0.2) is 84.0 Å². The van der Waals surface area contributed by atoms with E-state index in [1.54, 1.807) is 30.5 Å². The van der Waals surface area contributed by atoms with Gasteiger partial charge in [-0.1, -0.05) is 30.3 Å². The molecule has 8 heteroatoms. The topological polar surface area (TPSA) is 90.9 Å². The Balaban J connectivity index is 1.71. The second kappa shape index (κ2) is 8.17. The maximum absolute atomic E-state index is 13.4. The molecule has 30 heavy (non-hydrogen) atoms. The fourth-order valence-corrected chi connectivity index (χ4v) is 3.68. The van der Waals surface area contributed by atoms with Crippen molar-refractivity contribution in [1.29, 1.82) is 0 Å². The molecule has 4 aromatic rings. The van der Waals surface area contributed by atoms with Gasteiger partial charge in [0.15, 0.2) is 0 Å². The summed E-state index contributed by atoms with van der Waals surface area (Å²) in [5, 5.41) is 9.89. The molecule has 2 aromatic carbocycles. The smallest absolute Gasteiger partial charge is 0.238 e. The molecular formula is C22H19FN4O2S. The number of benzene rings is 2. The summed E-state index contributed by atoms with van der Waals surface area (Å²) in [6.07, 6.45) is 4.36. The zero-order chi connectivity index (χ0) is 21.1. The van der Waals surface area contributed by atoms with Crippen LogP contribution in [0.5, 0.6) is 0 Å². The van der Waals surface area contributed by atoms with Crippen LogP contribution in [-0.2, 0) is 23.0 Å². The predicted molar refractivity (Wildman–Crippen MR) is 112 cm³/mol. The zero-order valence-electron chi connectivity index (χ0n) is 15.9.